The van der Waals surface area contributed by atoms with Crippen LogP contribution in [0.15, 0.2) is 45.8 Å². The molecule has 0 aromatic heterocycles. The van der Waals surface area contributed by atoms with Gasteiger partial charge >= 0.3 is 5.97 Å². The molecule has 0 atom stereocenters. The lowest BCUT2D eigenvalue weighted by molar-refractivity contribution is 0.0600. The first-order chi connectivity index (χ1) is 10.0. The monoisotopic (exact) mass is 385 g/mol. The number of thioether (sulfide) groups is 1. The Balaban J connectivity index is 2.09. The van der Waals surface area contributed by atoms with Crippen LogP contribution in [0.1, 0.15) is 15.9 Å². The molecule has 21 heavy (non-hydrogen) atoms. The Bertz CT molecular complexity index is 679. The molecule has 0 heterocycles. The third-order valence-corrected chi connectivity index (χ3v) is 4.95. The Hall–Kier alpha value is -1.17. The van der Waals surface area contributed by atoms with Crippen LogP contribution in [0.4, 0.5) is 5.69 Å². The zero-order chi connectivity index (χ0) is 15.4. The fraction of sp³-hybridized carbons (Fsp3) is 0.133. The molecular weight excluding hydrogens is 374 g/mol. The van der Waals surface area contributed by atoms with Gasteiger partial charge in [0.05, 0.1) is 23.4 Å². The van der Waals surface area contributed by atoms with Gasteiger partial charge in [0.25, 0.3) is 0 Å². The lowest BCUT2D eigenvalue weighted by Gasteiger charge is -2.07. The second kappa shape index (κ2) is 7.20. The van der Waals surface area contributed by atoms with Gasteiger partial charge in [-0.05, 0) is 35.9 Å². The minimum atomic E-state index is -0.347. The highest BCUT2D eigenvalue weighted by molar-refractivity contribution is 9.10. The number of nitrogens with two attached hydrogens (primary N) is 1. The molecule has 0 aliphatic heterocycles. The van der Waals surface area contributed by atoms with E-state index in [1.807, 2.05) is 18.2 Å². The molecule has 2 rings (SSSR count). The number of anilines is 1. The minimum absolute atomic E-state index is 0.347. The van der Waals surface area contributed by atoms with Gasteiger partial charge in [-0.2, -0.15) is 0 Å². The van der Waals surface area contributed by atoms with Gasteiger partial charge in [0, 0.05) is 15.1 Å². The van der Waals surface area contributed by atoms with Crippen molar-refractivity contribution >= 4 is 50.9 Å². The van der Waals surface area contributed by atoms with Crippen LogP contribution in [0.5, 0.6) is 0 Å². The van der Waals surface area contributed by atoms with Crippen molar-refractivity contribution in [1.82, 2.24) is 0 Å². The number of hydrogen-bond acceptors (Lipinski definition) is 4. The summed E-state index contributed by atoms with van der Waals surface area (Å²) < 4.78 is 5.57. The summed E-state index contributed by atoms with van der Waals surface area (Å²) in [6.07, 6.45) is 0. The summed E-state index contributed by atoms with van der Waals surface area (Å²) in [7, 11) is 1.37. The second-order valence-electron chi connectivity index (χ2n) is 4.27. The van der Waals surface area contributed by atoms with Crippen molar-refractivity contribution in [2.24, 2.45) is 0 Å². The summed E-state index contributed by atoms with van der Waals surface area (Å²) in [6.45, 7) is 0. The average Bonchev–Trinajstić information content (AvgIpc) is 2.48. The molecule has 0 spiro atoms. The van der Waals surface area contributed by atoms with Gasteiger partial charge in [-0.1, -0.05) is 33.6 Å². The van der Waals surface area contributed by atoms with Crippen LogP contribution in [0.3, 0.4) is 0 Å². The summed E-state index contributed by atoms with van der Waals surface area (Å²) in [5.74, 6) is 0.405. The van der Waals surface area contributed by atoms with Crippen LogP contribution in [-0.4, -0.2) is 13.1 Å². The smallest absolute Gasteiger partial charge is 0.337 e. The van der Waals surface area contributed by atoms with Crippen molar-refractivity contribution in [1.29, 1.82) is 0 Å². The van der Waals surface area contributed by atoms with Crippen LogP contribution in [0.25, 0.3) is 0 Å². The number of carbonyl (C=O) groups excluding carboxylic acids is 1. The normalized spacial score (nSPS) is 10.4. The largest absolute Gasteiger partial charge is 0.465 e. The Labute approximate surface area is 140 Å². The number of esters is 1. The quantitative estimate of drug-likeness (QED) is 0.467. The minimum Gasteiger partial charge on any atom is -0.465 e. The van der Waals surface area contributed by atoms with E-state index >= 15 is 0 Å². The van der Waals surface area contributed by atoms with Crippen molar-refractivity contribution < 1.29 is 9.53 Å². The Kier molecular flexibility index (Phi) is 5.56. The SMILES string of the molecule is COC(=O)c1ccc(CSc2ccc(N)c(Cl)c2)c(Br)c1. The topological polar surface area (TPSA) is 52.3 Å². The molecule has 2 aromatic rings. The molecule has 3 nitrogen and oxygen atoms in total. The fourth-order valence-corrected chi connectivity index (χ4v) is 3.56. The lowest BCUT2D eigenvalue weighted by atomic mass is 10.1. The van der Waals surface area contributed by atoms with Gasteiger partial charge in [0.15, 0.2) is 0 Å². The number of nitrogen functional groups attached to an aromatic ring is 1. The second-order valence-corrected chi connectivity index (χ2v) is 6.58. The lowest BCUT2D eigenvalue weighted by Crippen LogP contribution is -2.01. The molecule has 0 saturated heterocycles. The summed E-state index contributed by atoms with van der Waals surface area (Å²) in [6, 6.07) is 11.0. The third-order valence-electron chi connectivity index (χ3n) is 2.84. The van der Waals surface area contributed by atoms with Crippen molar-refractivity contribution in [2.45, 2.75) is 10.6 Å². The number of carbonyl (C=O) groups is 1. The highest BCUT2D eigenvalue weighted by atomic mass is 79.9. The Morgan fingerprint density at radius 1 is 1.33 bits per heavy atom. The summed E-state index contributed by atoms with van der Waals surface area (Å²) in [4.78, 5) is 12.5. The van der Waals surface area contributed by atoms with Crippen LogP contribution in [0.2, 0.25) is 5.02 Å². The molecule has 2 aromatic carbocycles. The van der Waals surface area contributed by atoms with Crippen molar-refractivity contribution in [3.05, 3.63) is 57.0 Å². The van der Waals surface area contributed by atoms with E-state index in [0.29, 0.717) is 16.3 Å². The highest BCUT2D eigenvalue weighted by Crippen LogP contribution is 2.31. The summed E-state index contributed by atoms with van der Waals surface area (Å²) in [5, 5.41) is 0.556. The number of rotatable bonds is 4. The molecule has 0 aliphatic rings. The highest BCUT2D eigenvalue weighted by Gasteiger charge is 2.09. The molecule has 0 aliphatic carbocycles. The Morgan fingerprint density at radius 2 is 2.10 bits per heavy atom. The molecule has 6 heteroatoms. The summed E-state index contributed by atoms with van der Waals surface area (Å²) in [5.41, 5.74) is 7.87. The average molecular weight is 387 g/mol. The maximum Gasteiger partial charge on any atom is 0.337 e. The zero-order valence-electron chi connectivity index (χ0n) is 11.2. The van der Waals surface area contributed by atoms with E-state index in [2.05, 4.69) is 15.9 Å². The molecule has 0 fully saturated rings. The van der Waals surface area contributed by atoms with Gasteiger partial charge < -0.3 is 10.5 Å². The van der Waals surface area contributed by atoms with E-state index in [1.165, 1.54) is 7.11 Å². The predicted octanol–water partition coefficient (Wildman–Crippen LogP) is 4.76. The first-order valence-electron chi connectivity index (χ1n) is 6.06. The number of benzene rings is 2. The first kappa shape index (κ1) is 16.2. The number of halogens is 2. The maximum absolute atomic E-state index is 11.5. The zero-order valence-corrected chi connectivity index (χ0v) is 14.4. The van der Waals surface area contributed by atoms with Gasteiger partial charge in [-0.15, -0.1) is 11.8 Å². The van der Waals surface area contributed by atoms with Crippen LogP contribution in [-0.2, 0) is 10.5 Å². The van der Waals surface area contributed by atoms with Gasteiger partial charge in [-0.25, -0.2) is 4.79 Å². The number of ether oxygens (including phenoxy) is 1. The van der Waals surface area contributed by atoms with Crippen molar-refractivity contribution in [3.8, 4) is 0 Å². The molecular formula is C15H13BrClNO2S. The third kappa shape index (κ3) is 4.15. The molecule has 0 radical (unpaired) electrons. The first-order valence-corrected chi connectivity index (χ1v) is 8.21. The van der Waals surface area contributed by atoms with E-state index in [0.717, 1.165) is 20.7 Å². The fourth-order valence-electron chi connectivity index (χ4n) is 1.67. The predicted molar refractivity (Wildman–Crippen MR) is 90.9 cm³/mol. The Morgan fingerprint density at radius 3 is 2.71 bits per heavy atom. The maximum atomic E-state index is 11.5. The van der Waals surface area contributed by atoms with E-state index in [1.54, 1.807) is 30.0 Å². The number of hydrogen-bond donors (Lipinski definition) is 1. The molecule has 0 bridgehead atoms. The molecule has 110 valence electrons. The van der Waals surface area contributed by atoms with E-state index in [-0.39, 0.29) is 5.97 Å². The van der Waals surface area contributed by atoms with E-state index in [9.17, 15) is 4.79 Å². The molecule has 0 saturated carbocycles. The summed E-state index contributed by atoms with van der Waals surface area (Å²) >= 11 is 11.1. The molecule has 0 unspecified atom stereocenters. The molecule has 0 amide bonds. The van der Waals surface area contributed by atoms with Crippen molar-refractivity contribution in [2.75, 3.05) is 12.8 Å². The van der Waals surface area contributed by atoms with E-state index in [4.69, 9.17) is 22.1 Å². The van der Waals surface area contributed by atoms with Gasteiger partial charge in [0.2, 0.25) is 0 Å². The van der Waals surface area contributed by atoms with Gasteiger partial charge in [-0.3, -0.25) is 0 Å². The molecule has 2 N–H and O–H groups in total. The number of methoxy groups -OCH3 is 1. The van der Waals surface area contributed by atoms with Crippen LogP contribution >= 0.6 is 39.3 Å². The van der Waals surface area contributed by atoms with E-state index < -0.39 is 0 Å². The standard InChI is InChI=1S/C15H13BrClNO2S/c1-20-15(19)9-2-3-10(12(16)6-9)8-21-11-4-5-14(18)13(17)7-11/h2-7H,8,18H2,1H3. The van der Waals surface area contributed by atoms with Crippen molar-refractivity contribution in [3.63, 3.8) is 0 Å². The van der Waals surface area contributed by atoms with Crippen LogP contribution < -0.4 is 5.73 Å². The van der Waals surface area contributed by atoms with Gasteiger partial charge in [0.1, 0.15) is 0 Å². The van der Waals surface area contributed by atoms with Crippen LogP contribution in [0, 0.1) is 0 Å².